The average molecular weight is 301 g/mol. The molecule has 14 heavy (non-hydrogen) atoms. The van der Waals surface area contributed by atoms with E-state index in [1.54, 1.807) is 0 Å². The number of rotatable bonds is 1. The predicted octanol–water partition coefficient (Wildman–Crippen LogP) is 2.06. The van der Waals surface area contributed by atoms with Gasteiger partial charge >= 0.3 is 0 Å². The number of hydrogen-bond acceptors (Lipinski definition) is 3. The van der Waals surface area contributed by atoms with E-state index in [2.05, 4.69) is 32.7 Å². The minimum atomic E-state index is 0.806. The van der Waals surface area contributed by atoms with Crippen LogP contribution in [-0.4, -0.2) is 20.8 Å². The molecule has 0 spiro atoms. The van der Waals surface area contributed by atoms with E-state index in [1.165, 1.54) is 6.21 Å². The summed E-state index contributed by atoms with van der Waals surface area (Å²) in [6.07, 6.45) is 3.35. The molecule has 2 aromatic heterocycles. The molecule has 4 nitrogen and oxygen atoms in total. The number of hydrogen-bond donors (Lipinski definition) is 1. The molecule has 0 unspecified atom stereocenters. The van der Waals surface area contributed by atoms with Crippen LogP contribution in [0.1, 0.15) is 11.4 Å². The molecule has 0 aliphatic carbocycles. The van der Waals surface area contributed by atoms with Crippen LogP contribution in [0.25, 0.3) is 5.65 Å². The van der Waals surface area contributed by atoms with Gasteiger partial charge in [0.05, 0.1) is 17.6 Å². The van der Waals surface area contributed by atoms with Gasteiger partial charge in [-0.2, -0.15) is 0 Å². The first-order valence-electron chi connectivity index (χ1n) is 4.04. The molecule has 2 aromatic rings. The summed E-state index contributed by atoms with van der Waals surface area (Å²) >= 11 is 2.23. The quantitative estimate of drug-likeness (QED) is 0.379. The normalized spacial score (nSPS) is 11.6. The minimum absolute atomic E-state index is 0.806. The van der Waals surface area contributed by atoms with Crippen LogP contribution in [0.2, 0.25) is 0 Å². The first kappa shape index (κ1) is 9.45. The number of aromatic nitrogens is 2. The fourth-order valence-corrected chi connectivity index (χ4v) is 1.82. The van der Waals surface area contributed by atoms with Crippen molar-refractivity contribution in [3.8, 4) is 0 Å². The molecular weight excluding hydrogens is 293 g/mol. The maximum absolute atomic E-state index is 8.52. The molecule has 0 saturated heterocycles. The maximum atomic E-state index is 8.52. The zero-order valence-corrected chi connectivity index (χ0v) is 9.63. The summed E-state index contributed by atoms with van der Waals surface area (Å²) in [7, 11) is 0. The third-order valence-corrected chi connectivity index (χ3v) is 2.62. The van der Waals surface area contributed by atoms with Crippen molar-refractivity contribution in [2.24, 2.45) is 5.16 Å². The Balaban J connectivity index is 2.79. The van der Waals surface area contributed by atoms with Crippen LogP contribution >= 0.6 is 22.6 Å². The number of nitrogens with zero attached hydrogens (tertiary/aromatic N) is 3. The van der Waals surface area contributed by atoms with Crippen molar-refractivity contribution in [2.45, 2.75) is 6.92 Å². The largest absolute Gasteiger partial charge is 0.411 e. The predicted molar refractivity (Wildman–Crippen MR) is 62.0 cm³/mol. The van der Waals surface area contributed by atoms with Gasteiger partial charge in [0.1, 0.15) is 5.65 Å². The number of fused-ring (bicyclic) bond motifs is 1. The van der Waals surface area contributed by atoms with E-state index in [1.807, 2.05) is 29.7 Å². The van der Waals surface area contributed by atoms with E-state index in [0.29, 0.717) is 0 Å². The Morgan fingerprint density at radius 3 is 3.07 bits per heavy atom. The Hall–Kier alpha value is -1.11. The van der Waals surface area contributed by atoms with Crippen LogP contribution in [0.4, 0.5) is 0 Å². The molecule has 0 amide bonds. The van der Waals surface area contributed by atoms with Gasteiger partial charge in [0, 0.05) is 9.77 Å². The lowest BCUT2D eigenvalue weighted by Gasteiger charge is -1.96. The third-order valence-electron chi connectivity index (χ3n) is 1.98. The molecule has 0 aliphatic heterocycles. The van der Waals surface area contributed by atoms with Crippen molar-refractivity contribution < 1.29 is 5.21 Å². The lowest BCUT2D eigenvalue weighted by Crippen LogP contribution is -1.93. The summed E-state index contributed by atoms with van der Waals surface area (Å²) in [5.74, 6) is 0. The molecule has 0 aromatic carbocycles. The summed E-state index contributed by atoms with van der Waals surface area (Å²) in [6.45, 7) is 1.89. The molecule has 1 N–H and O–H groups in total. The van der Waals surface area contributed by atoms with E-state index in [4.69, 9.17) is 5.21 Å². The molecule has 0 atom stereocenters. The SMILES string of the molecule is Cc1nc2ccc(I)cn2c1C=NO. The van der Waals surface area contributed by atoms with Crippen molar-refractivity contribution in [3.05, 3.63) is 33.3 Å². The molecule has 0 bridgehead atoms. The van der Waals surface area contributed by atoms with Gasteiger partial charge in [0.25, 0.3) is 0 Å². The van der Waals surface area contributed by atoms with Gasteiger partial charge in [-0.15, -0.1) is 0 Å². The second-order valence-electron chi connectivity index (χ2n) is 2.90. The fourth-order valence-electron chi connectivity index (χ4n) is 1.36. The lowest BCUT2D eigenvalue weighted by atomic mass is 10.4. The second kappa shape index (κ2) is 3.56. The Morgan fingerprint density at radius 2 is 2.36 bits per heavy atom. The topological polar surface area (TPSA) is 49.9 Å². The van der Waals surface area contributed by atoms with Gasteiger partial charge in [0.15, 0.2) is 0 Å². The summed E-state index contributed by atoms with van der Waals surface area (Å²) in [5.41, 5.74) is 2.52. The molecule has 0 saturated carbocycles. The molecule has 2 heterocycles. The molecule has 2 rings (SSSR count). The third kappa shape index (κ3) is 1.47. The minimum Gasteiger partial charge on any atom is -0.411 e. The van der Waals surface area contributed by atoms with E-state index in [0.717, 1.165) is 20.6 Å². The molecular formula is C9H8IN3O. The monoisotopic (exact) mass is 301 g/mol. The Bertz CT molecular complexity index is 504. The Kier molecular flexibility index (Phi) is 2.40. The standard InChI is InChI=1S/C9H8IN3O/c1-6-8(4-11-14)13-5-7(10)2-3-9(13)12-6/h2-5,14H,1H3. The van der Waals surface area contributed by atoms with Gasteiger partial charge < -0.3 is 5.21 Å². The van der Waals surface area contributed by atoms with E-state index >= 15 is 0 Å². The van der Waals surface area contributed by atoms with Crippen molar-refractivity contribution >= 4 is 34.5 Å². The molecule has 0 fully saturated rings. The smallest absolute Gasteiger partial charge is 0.137 e. The Morgan fingerprint density at radius 1 is 1.57 bits per heavy atom. The summed E-state index contributed by atoms with van der Waals surface area (Å²) in [6, 6.07) is 3.92. The number of halogens is 1. The molecule has 0 aliphatic rings. The fraction of sp³-hybridized carbons (Fsp3) is 0.111. The first-order valence-corrected chi connectivity index (χ1v) is 5.12. The molecule has 0 radical (unpaired) electrons. The van der Waals surface area contributed by atoms with Crippen LogP contribution in [0.3, 0.4) is 0 Å². The van der Waals surface area contributed by atoms with Crippen molar-refractivity contribution in [1.29, 1.82) is 0 Å². The van der Waals surface area contributed by atoms with E-state index < -0.39 is 0 Å². The van der Waals surface area contributed by atoms with E-state index in [9.17, 15) is 0 Å². The highest BCUT2D eigenvalue weighted by Gasteiger charge is 2.06. The van der Waals surface area contributed by atoms with Gasteiger partial charge in [0.2, 0.25) is 0 Å². The maximum Gasteiger partial charge on any atom is 0.137 e. The van der Waals surface area contributed by atoms with Crippen LogP contribution < -0.4 is 0 Å². The lowest BCUT2D eigenvalue weighted by molar-refractivity contribution is 0.321. The summed E-state index contributed by atoms with van der Waals surface area (Å²) < 4.78 is 3.01. The van der Waals surface area contributed by atoms with Gasteiger partial charge in [-0.3, -0.25) is 4.40 Å². The number of imidazole rings is 1. The van der Waals surface area contributed by atoms with Crippen molar-refractivity contribution in [1.82, 2.24) is 9.38 Å². The summed E-state index contributed by atoms with van der Waals surface area (Å²) in [4.78, 5) is 4.33. The van der Waals surface area contributed by atoms with Crippen molar-refractivity contribution in [2.75, 3.05) is 0 Å². The number of oxime groups is 1. The average Bonchev–Trinajstić information content (AvgIpc) is 2.45. The molecule has 5 heteroatoms. The first-order chi connectivity index (χ1) is 6.72. The summed E-state index contributed by atoms with van der Waals surface area (Å²) in [5, 5.41) is 11.5. The van der Waals surface area contributed by atoms with Gasteiger partial charge in [-0.1, -0.05) is 5.16 Å². The van der Waals surface area contributed by atoms with Crippen LogP contribution in [0.15, 0.2) is 23.5 Å². The highest BCUT2D eigenvalue weighted by atomic mass is 127. The van der Waals surface area contributed by atoms with Crippen LogP contribution in [0, 0.1) is 10.5 Å². The zero-order valence-electron chi connectivity index (χ0n) is 7.48. The van der Waals surface area contributed by atoms with Crippen molar-refractivity contribution in [3.63, 3.8) is 0 Å². The Labute approximate surface area is 94.4 Å². The molecule has 72 valence electrons. The van der Waals surface area contributed by atoms with Gasteiger partial charge in [-0.05, 0) is 41.6 Å². The highest BCUT2D eigenvalue weighted by molar-refractivity contribution is 14.1. The number of pyridine rings is 1. The van der Waals surface area contributed by atoms with E-state index in [-0.39, 0.29) is 0 Å². The van der Waals surface area contributed by atoms with Crippen LogP contribution in [-0.2, 0) is 0 Å². The highest BCUT2D eigenvalue weighted by Crippen LogP contribution is 2.13. The number of aryl methyl sites for hydroxylation is 1. The van der Waals surface area contributed by atoms with Gasteiger partial charge in [-0.25, -0.2) is 4.98 Å². The second-order valence-corrected chi connectivity index (χ2v) is 4.15. The van der Waals surface area contributed by atoms with Crippen LogP contribution in [0.5, 0.6) is 0 Å². The zero-order chi connectivity index (χ0) is 10.1.